The topological polar surface area (TPSA) is 51.2 Å². The molecule has 0 aliphatic carbocycles. The van der Waals surface area contributed by atoms with E-state index in [0.29, 0.717) is 18.0 Å². The lowest BCUT2D eigenvalue weighted by molar-refractivity contribution is 0.0945. The van der Waals surface area contributed by atoms with Gasteiger partial charge in [-0.25, -0.2) is 4.98 Å². The number of ether oxygens (including phenoxy) is 1. The highest BCUT2D eigenvalue weighted by Crippen LogP contribution is 2.21. The Labute approximate surface area is 75.9 Å². The zero-order chi connectivity index (χ0) is 9.26. The summed E-state index contributed by atoms with van der Waals surface area (Å²) in [5, 5.41) is 2.77. The Balaban J connectivity index is 2.54. The second kappa shape index (κ2) is 3.05. The van der Waals surface area contributed by atoms with Gasteiger partial charge in [-0.15, -0.1) is 0 Å². The summed E-state index contributed by atoms with van der Waals surface area (Å²) in [4.78, 5) is 15.4. The predicted molar refractivity (Wildman–Crippen MR) is 46.8 cm³/mol. The van der Waals surface area contributed by atoms with Crippen LogP contribution in [0.25, 0.3) is 0 Å². The maximum absolute atomic E-state index is 11.4. The van der Waals surface area contributed by atoms with Gasteiger partial charge in [0, 0.05) is 23.9 Å². The van der Waals surface area contributed by atoms with E-state index in [0.717, 1.165) is 12.0 Å². The van der Waals surface area contributed by atoms with Crippen molar-refractivity contribution in [1.29, 1.82) is 0 Å². The quantitative estimate of drug-likeness (QED) is 0.676. The van der Waals surface area contributed by atoms with E-state index in [9.17, 15) is 4.79 Å². The Morgan fingerprint density at radius 3 is 3.23 bits per heavy atom. The van der Waals surface area contributed by atoms with Crippen molar-refractivity contribution in [2.75, 3.05) is 13.7 Å². The lowest BCUT2D eigenvalue weighted by Crippen LogP contribution is -2.32. The number of aromatic nitrogens is 1. The minimum atomic E-state index is -0.0399. The van der Waals surface area contributed by atoms with Crippen LogP contribution in [0.1, 0.15) is 15.9 Å². The third-order valence-electron chi connectivity index (χ3n) is 2.11. The third-order valence-corrected chi connectivity index (χ3v) is 2.11. The number of hydrogen-bond acceptors (Lipinski definition) is 3. The van der Waals surface area contributed by atoms with Crippen molar-refractivity contribution in [3.63, 3.8) is 0 Å². The number of nitrogens with one attached hydrogen (secondary N) is 1. The Morgan fingerprint density at radius 1 is 1.62 bits per heavy atom. The first-order chi connectivity index (χ1) is 6.33. The van der Waals surface area contributed by atoms with Crippen LogP contribution in [0.3, 0.4) is 0 Å². The van der Waals surface area contributed by atoms with Gasteiger partial charge in [-0.3, -0.25) is 4.79 Å². The van der Waals surface area contributed by atoms with Crippen LogP contribution in [-0.4, -0.2) is 24.5 Å². The van der Waals surface area contributed by atoms with E-state index in [1.54, 1.807) is 19.4 Å². The van der Waals surface area contributed by atoms with Gasteiger partial charge >= 0.3 is 0 Å². The van der Waals surface area contributed by atoms with Gasteiger partial charge in [-0.2, -0.15) is 0 Å². The summed E-state index contributed by atoms with van der Waals surface area (Å²) in [5.41, 5.74) is 1.59. The molecule has 2 heterocycles. The molecule has 4 nitrogen and oxygen atoms in total. The number of nitrogens with zero attached hydrogens (tertiary/aromatic N) is 1. The SMILES string of the molecule is COc1nccc2c1CCNC2=O. The summed E-state index contributed by atoms with van der Waals surface area (Å²) < 4.78 is 5.07. The molecular weight excluding hydrogens is 168 g/mol. The minimum Gasteiger partial charge on any atom is -0.481 e. The largest absolute Gasteiger partial charge is 0.481 e. The van der Waals surface area contributed by atoms with Crippen LogP contribution in [0.2, 0.25) is 0 Å². The smallest absolute Gasteiger partial charge is 0.251 e. The highest BCUT2D eigenvalue weighted by Gasteiger charge is 2.20. The summed E-state index contributed by atoms with van der Waals surface area (Å²) >= 11 is 0. The molecule has 1 N–H and O–H groups in total. The Kier molecular flexibility index (Phi) is 1.88. The van der Waals surface area contributed by atoms with E-state index in [2.05, 4.69) is 10.3 Å². The molecule has 0 saturated heterocycles. The molecule has 4 heteroatoms. The molecule has 2 rings (SSSR count). The molecule has 0 bridgehead atoms. The fourth-order valence-corrected chi connectivity index (χ4v) is 1.50. The highest BCUT2D eigenvalue weighted by atomic mass is 16.5. The monoisotopic (exact) mass is 178 g/mol. The first kappa shape index (κ1) is 8.04. The molecule has 0 aromatic carbocycles. The number of methoxy groups -OCH3 is 1. The van der Waals surface area contributed by atoms with Gasteiger partial charge in [0.15, 0.2) is 0 Å². The molecule has 0 spiro atoms. The molecule has 0 radical (unpaired) electrons. The molecule has 0 atom stereocenters. The van der Waals surface area contributed by atoms with Gasteiger partial charge in [0.05, 0.1) is 7.11 Å². The number of carbonyl (C=O) groups is 1. The predicted octanol–water partition coefficient (Wildman–Crippen LogP) is 0.376. The van der Waals surface area contributed by atoms with E-state index in [1.165, 1.54) is 0 Å². The maximum atomic E-state index is 11.4. The maximum Gasteiger partial charge on any atom is 0.251 e. The summed E-state index contributed by atoms with van der Waals surface area (Å²) in [6.07, 6.45) is 2.38. The van der Waals surface area contributed by atoms with Crippen molar-refractivity contribution in [2.24, 2.45) is 0 Å². The Hall–Kier alpha value is -1.58. The summed E-state index contributed by atoms with van der Waals surface area (Å²) in [6.45, 7) is 0.661. The number of pyridine rings is 1. The molecule has 1 aliphatic rings. The molecule has 1 aliphatic heterocycles. The minimum absolute atomic E-state index is 0.0399. The van der Waals surface area contributed by atoms with Crippen LogP contribution in [0, 0.1) is 0 Å². The second-order valence-corrected chi connectivity index (χ2v) is 2.85. The van der Waals surface area contributed by atoms with Crippen molar-refractivity contribution >= 4 is 5.91 Å². The number of fused-ring (bicyclic) bond motifs is 1. The number of amides is 1. The molecule has 0 unspecified atom stereocenters. The second-order valence-electron chi connectivity index (χ2n) is 2.85. The molecule has 1 aromatic rings. The van der Waals surface area contributed by atoms with E-state index >= 15 is 0 Å². The molecule has 0 fully saturated rings. The van der Waals surface area contributed by atoms with Gasteiger partial charge in [-0.1, -0.05) is 0 Å². The molecule has 13 heavy (non-hydrogen) atoms. The van der Waals surface area contributed by atoms with Crippen LogP contribution in [0.4, 0.5) is 0 Å². The van der Waals surface area contributed by atoms with E-state index in [1.807, 2.05) is 0 Å². The fourth-order valence-electron chi connectivity index (χ4n) is 1.50. The molecule has 1 amide bonds. The number of hydrogen-bond donors (Lipinski definition) is 1. The zero-order valence-corrected chi connectivity index (χ0v) is 7.33. The van der Waals surface area contributed by atoms with Crippen LogP contribution in [0.15, 0.2) is 12.3 Å². The first-order valence-electron chi connectivity index (χ1n) is 4.13. The van der Waals surface area contributed by atoms with Gasteiger partial charge in [0.2, 0.25) is 5.88 Å². The Morgan fingerprint density at radius 2 is 2.46 bits per heavy atom. The van der Waals surface area contributed by atoms with Crippen molar-refractivity contribution in [1.82, 2.24) is 10.3 Å². The summed E-state index contributed by atoms with van der Waals surface area (Å²) in [5.74, 6) is 0.523. The zero-order valence-electron chi connectivity index (χ0n) is 7.33. The standard InChI is InChI=1S/C9H10N2O2/c1-13-9-7-3-4-10-8(12)6(7)2-5-11-9/h2,5H,3-4H2,1H3,(H,10,12). The van der Waals surface area contributed by atoms with Gasteiger partial charge in [0.25, 0.3) is 5.91 Å². The Bertz CT molecular complexity index is 349. The van der Waals surface area contributed by atoms with E-state index in [4.69, 9.17) is 4.74 Å². The molecular formula is C9H10N2O2. The summed E-state index contributed by atoms with van der Waals surface area (Å²) in [6, 6.07) is 1.71. The average Bonchev–Trinajstić information content (AvgIpc) is 2.18. The van der Waals surface area contributed by atoms with Crippen molar-refractivity contribution < 1.29 is 9.53 Å². The fraction of sp³-hybridized carbons (Fsp3) is 0.333. The normalized spacial score (nSPS) is 14.7. The van der Waals surface area contributed by atoms with Crippen LogP contribution < -0.4 is 10.1 Å². The average molecular weight is 178 g/mol. The summed E-state index contributed by atoms with van der Waals surface area (Å²) in [7, 11) is 1.56. The first-order valence-corrected chi connectivity index (χ1v) is 4.13. The molecule has 0 saturated carbocycles. The van der Waals surface area contributed by atoms with Crippen LogP contribution in [0.5, 0.6) is 5.88 Å². The lowest BCUT2D eigenvalue weighted by Gasteiger charge is -2.17. The number of rotatable bonds is 1. The van der Waals surface area contributed by atoms with Crippen molar-refractivity contribution in [3.05, 3.63) is 23.4 Å². The van der Waals surface area contributed by atoms with E-state index < -0.39 is 0 Å². The van der Waals surface area contributed by atoms with E-state index in [-0.39, 0.29) is 5.91 Å². The van der Waals surface area contributed by atoms with Gasteiger partial charge in [0.1, 0.15) is 0 Å². The van der Waals surface area contributed by atoms with Crippen molar-refractivity contribution in [2.45, 2.75) is 6.42 Å². The lowest BCUT2D eigenvalue weighted by atomic mass is 10.0. The van der Waals surface area contributed by atoms with Crippen LogP contribution >= 0.6 is 0 Å². The molecule has 68 valence electrons. The van der Waals surface area contributed by atoms with Gasteiger partial charge < -0.3 is 10.1 Å². The van der Waals surface area contributed by atoms with Crippen molar-refractivity contribution in [3.8, 4) is 5.88 Å². The molecule has 1 aromatic heterocycles. The third kappa shape index (κ3) is 1.24. The highest BCUT2D eigenvalue weighted by molar-refractivity contribution is 5.97. The van der Waals surface area contributed by atoms with Gasteiger partial charge in [-0.05, 0) is 12.5 Å². The van der Waals surface area contributed by atoms with Crippen LogP contribution in [-0.2, 0) is 6.42 Å². The number of carbonyl (C=O) groups excluding carboxylic acids is 1.